The van der Waals surface area contributed by atoms with Gasteiger partial charge in [0, 0.05) is 18.1 Å². The number of hydrogen-bond donors (Lipinski definition) is 3. The molecule has 2 rings (SSSR count). The molecule has 0 aromatic heterocycles. The van der Waals surface area contributed by atoms with Crippen molar-refractivity contribution in [1.82, 2.24) is 10.6 Å². The van der Waals surface area contributed by atoms with E-state index >= 15 is 0 Å². The molecule has 2 amide bonds. The van der Waals surface area contributed by atoms with Crippen LogP contribution in [-0.2, 0) is 0 Å². The third-order valence-electron chi connectivity index (χ3n) is 3.02. The molecule has 0 spiro atoms. The van der Waals surface area contributed by atoms with Crippen LogP contribution in [0.15, 0.2) is 0 Å². The number of urea groups is 1. The molecular weight excluding hydrogens is 178 g/mol. The zero-order valence-corrected chi connectivity index (χ0v) is 8.46. The average Bonchev–Trinajstić information content (AvgIpc) is 2.93. The summed E-state index contributed by atoms with van der Waals surface area (Å²) in [6.07, 6.45) is 6.41. The topological polar surface area (TPSA) is 67.1 Å². The minimum absolute atomic E-state index is 0.00738. The number of nitrogens with one attached hydrogen (secondary N) is 2. The second kappa shape index (κ2) is 4.17. The van der Waals surface area contributed by atoms with Gasteiger partial charge in [0.25, 0.3) is 0 Å². The lowest BCUT2D eigenvalue weighted by Crippen LogP contribution is -2.45. The molecule has 4 nitrogen and oxygen atoms in total. The first kappa shape index (κ1) is 9.77. The molecule has 0 radical (unpaired) electrons. The lowest BCUT2D eigenvalue weighted by Gasteiger charge is -2.26. The van der Waals surface area contributed by atoms with E-state index < -0.39 is 0 Å². The van der Waals surface area contributed by atoms with Crippen LogP contribution in [0.5, 0.6) is 0 Å². The highest BCUT2D eigenvalue weighted by Gasteiger charge is 2.25. The molecule has 14 heavy (non-hydrogen) atoms. The van der Waals surface area contributed by atoms with Gasteiger partial charge >= 0.3 is 6.03 Å². The number of carbonyl (C=O) groups is 1. The van der Waals surface area contributed by atoms with Crippen LogP contribution >= 0.6 is 0 Å². The number of nitrogens with two attached hydrogens (primary N) is 1. The van der Waals surface area contributed by atoms with Gasteiger partial charge in [-0.15, -0.1) is 0 Å². The molecule has 4 N–H and O–H groups in total. The molecule has 0 bridgehead atoms. The van der Waals surface area contributed by atoms with Crippen LogP contribution in [0, 0.1) is 0 Å². The van der Waals surface area contributed by atoms with E-state index in [1.165, 1.54) is 0 Å². The van der Waals surface area contributed by atoms with Gasteiger partial charge in [-0.05, 0) is 38.5 Å². The monoisotopic (exact) mass is 197 g/mol. The molecule has 0 aromatic carbocycles. The predicted molar refractivity (Wildman–Crippen MR) is 54.9 cm³/mol. The highest BCUT2D eigenvalue weighted by molar-refractivity contribution is 5.74. The quantitative estimate of drug-likeness (QED) is 0.610. The molecule has 2 aliphatic carbocycles. The van der Waals surface area contributed by atoms with Crippen LogP contribution in [0.1, 0.15) is 38.5 Å². The Morgan fingerprint density at radius 3 is 1.79 bits per heavy atom. The van der Waals surface area contributed by atoms with Gasteiger partial charge in [0.2, 0.25) is 0 Å². The molecule has 4 heteroatoms. The minimum Gasteiger partial charge on any atom is -0.335 e. The number of amides is 2. The molecule has 0 aliphatic heterocycles. The smallest absolute Gasteiger partial charge is 0.315 e. The summed E-state index contributed by atoms with van der Waals surface area (Å²) < 4.78 is 0. The number of hydrogen-bond acceptors (Lipinski definition) is 2. The van der Waals surface area contributed by atoms with Crippen LogP contribution in [0.2, 0.25) is 0 Å². The van der Waals surface area contributed by atoms with Gasteiger partial charge in [-0.1, -0.05) is 0 Å². The highest BCUT2D eigenvalue weighted by atomic mass is 16.2. The second-order valence-electron chi connectivity index (χ2n) is 4.50. The van der Waals surface area contributed by atoms with Crippen LogP contribution in [0.3, 0.4) is 0 Å². The van der Waals surface area contributed by atoms with Crippen LogP contribution in [-0.4, -0.2) is 24.2 Å². The standard InChI is InChI=1S/C10H19N3O/c11-7-1-3-8(4-2-7)12-10(14)13-9-5-6-9/h7-9H,1-6,11H2,(H2,12,13,14). The lowest BCUT2D eigenvalue weighted by atomic mass is 9.92. The zero-order valence-electron chi connectivity index (χ0n) is 8.46. The van der Waals surface area contributed by atoms with E-state index in [0.717, 1.165) is 38.5 Å². The maximum atomic E-state index is 11.4. The summed E-state index contributed by atoms with van der Waals surface area (Å²) in [6, 6.07) is 1.14. The van der Waals surface area contributed by atoms with Gasteiger partial charge < -0.3 is 16.4 Å². The van der Waals surface area contributed by atoms with Gasteiger partial charge in [0.1, 0.15) is 0 Å². The Morgan fingerprint density at radius 1 is 0.929 bits per heavy atom. The van der Waals surface area contributed by atoms with Crippen molar-refractivity contribution in [2.45, 2.75) is 56.7 Å². The third kappa shape index (κ3) is 2.87. The van der Waals surface area contributed by atoms with E-state index in [1.54, 1.807) is 0 Å². The van der Waals surface area contributed by atoms with Gasteiger partial charge in [-0.2, -0.15) is 0 Å². The van der Waals surface area contributed by atoms with Crippen molar-refractivity contribution in [3.8, 4) is 0 Å². The Balaban J connectivity index is 1.66. The Kier molecular flexibility index (Phi) is 2.91. The average molecular weight is 197 g/mol. The van der Waals surface area contributed by atoms with E-state index in [2.05, 4.69) is 10.6 Å². The molecule has 2 aliphatic rings. The summed E-state index contributed by atoms with van der Waals surface area (Å²) in [7, 11) is 0. The Hall–Kier alpha value is -0.770. The summed E-state index contributed by atoms with van der Waals surface area (Å²) in [5.74, 6) is 0. The van der Waals surface area contributed by atoms with Crippen molar-refractivity contribution in [2.24, 2.45) is 5.73 Å². The van der Waals surface area contributed by atoms with Crippen LogP contribution in [0.25, 0.3) is 0 Å². The Bertz CT molecular complexity index is 207. The minimum atomic E-state index is 0.00738. The van der Waals surface area contributed by atoms with Crippen LogP contribution in [0.4, 0.5) is 4.79 Å². The van der Waals surface area contributed by atoms with Crippen LogP contribution < -0.4 is 16.4 Å². The fourth-order valence-electron chi connectivity index (χ4n) is 1.90. The van der Waals surface area contributed by atoms with Gasteiger partial charge in [0.05, 0.1) is 0 Å². The molecular formula is C10H19N3O. The van der Waals surface area contributed by atoms with Crippen molar-refractivity contribution in [2.75, 3.05) is 0 Å². The van der Waals surface area contributed by atoms with Gasteiger partial charge in [-0.25, -0.2) is 4.79 Å². The molecule has 0 heterocycles. The first-order chi connectivity index (χ1) is 6.74. The summed E-state index contributed by atoms with van der Waals surface area (Å²) in [6.45, 7) is 0. The first-order valence-electron chi connectivity index (χ1n) is 5.56. The maximum absolute atomic E-state index is 11.4. The van der Waals surface area contributed by atoms with Crippen molar-refractivity contribution in [3.63, 3.8) is 0 Å². The van der Waals surface area contributed by atoms with Crippen molar-refractivity contribution < 1.29 is 4.79 Å². The normalized spacial score (nSPS) is 32.4. The molecule has 0 aromatic rings. The number of carbonyl (C=O) groups excluding carboxylic acids is 1. The summed E-state index contributed by atoms with van der Waals surface area (Å²) in [5, 5.41) is 5.94. The van der Waals surface area contributed by atoms with E-state index in [1.807, 2.05) is 0 Å². The fourth-order valence-corrected chi connectivity index (χ4v) is 1.90. The summed E-state index contributed by atoms with van der Waals surface area (Å²) >= 11 is 0. The predicted octanol–water partition coefficient (Wildman–Crippen LogP) is 0.718. The number of rotatable bonds is 2. The largest absolute Gasteiger partial charge is 0.335 e. The van der Waals surface area contributed by atoms with Gasteiger partial charge in [0.15, 0.2) is 0 Å². The van der Waals surface area contributed by atoms with E-state index in [9.17, 15) is 4.79 Å². The Morgan fingerprint density at radius 2 is 1.36 bits per heavy atom. The summed E-state index contributed by atoms with van der Waals surface area (Å²) in [5.41, 5.74) is 5.79. The van der Waals surface area contributed by atoms with E-state index in [-0.39, 0.29) is 6.03 Å². The molecule has 0 unspecified atom stereocenters. The molecule has 80 valence electrons. The summed E-state index contributed by atoms with van der Waals surface area (Å²) in [4.78, 5) is 11.4. The fraction of sp³-hybridized carbons (Fsp3) is 0.900. The van der Waals surface area contributed by atoms with Gasteiger partial charge in [-0.3, -0.25) is 0 Å². The maximum Gasteiger partial charge on any atom is 0.315 e. The Labute approximate surface area is 84.6 Å². The molecule has 2 saturated carbocycles. The molecule has 0 atom stereocenters. The first-order valence-corrected chi connectivity index (χ1v) is 5.56. The van der Waals surface area contributed by atoms with E-state index in [4.69, 9.17) is 5.73 Å². The third-order valence-corrected chi connectivity index (χ3v) is 3.02. The molecule has 2 fully saturated rings. The van der Waals surface area contributed by atoms with Crippen molar-refractivity contribution in [1.29, 1.82) is 0 Å². The van der Waals surface area contributed by atoms with Crippen molar-refractivity contribution >= 4 is 6.03 Å². The van der Waals surface area contributed by atoms with E-state index in [0.29, 0.717) is 18.1 Å². The molecule has 0 saturated heterocycles. The second-order valence-corrected chi connectivity index (χ2v) is 4.50. The zero-order chi connectivity index (χ0) is 9.97. The SMILES string of the molecule is NC1CCC(NC(=O)NC2CC2)CC1. The lowest BCUT2D eigenvalue weighted by molar-refractivity contribution is 0.231. The van der Waals surface area contributed by atoms with Crippen molar-refractivity contribution in [3.05, 3.63) is 0 Å². The highest BCUT2D eigenvalue weighted by Crippen LogP contribution is 2.19.